The molecule has 1 atom stereocenters. The number of nitrogens with one attached hydrogen (secondary N) is 2. The largest absolute Gasteiger partial charge is 0.394 e. The van der Waals surface area contributed by atoms with E-state index in [-0.39, 0.29) is 29.8 Å². The van der Waals surface area contributed by atoms with Crippen LogP contribution in [0.2, 0.25) is 0 Å². The minimum Gasteiger partial charge on any atom is -0.394 e. The van der Waals surface area contributed by atoms with Gasteiger partial charge >= 0.3 is 6.03 Å². The Kier molecular flexibility index (Phi) is 4.28. The number of rotatable bonds is 2. The lowest BCUT2D eigenvalue weighted by atomic mass is 9.79. The van der Waals surface area contributed by atoms with Crippen LogP contribution in [0.25, 0.3) is 0 Å². The highest BCUT2D eigenvalue weighted by atomic mass is 16.3. The highest BCUT2D eigenvalue weighted by molar-refractivity contribution is 5.76. The van der Waals surface area contributed by atoms with Crippen molar-refractivity contribution >= 4 is 6.03 Å². The predicted octanol–water partition coefficient (Wildman–Crippen LogP) is 1.85. The average Bonchev–Trinajstić information content (AvgIpc) is 2.67. The highest BCUT2D eigenvalue weighted by Gasteiger charge is 2.42. The molecule has 5 heteroatoms. The number of hydrogen-bond donors (Lipinski definition) is 3. The first kappa shape index (κ1) is 16.6. The molecule has 0 radical (unpaired) electrons. The topological polar surface area (TPSA) is 64.6 Å². The Bertz CT molecular complexity index is 392. The Morgan fingerprint density at radius 2 is 1.81 bits per heavy atom. The third kappa shape index (κ3) is 3.69. The lowest BCUT2D eigenvalue weighted by Crippen LogP contribution is -2.63. The van der Waals surface area contributed by atoms with Gasteiger partial charge in [-0.2, -0.15) is 0 Å². The second kappa shape index (κ2) is 5.43. The molecule has 21 heavy (non-hydrogen) atoms. The number of aliphatic hydroxyl groups is 1. The van der Waals surface area contributed by atoms with Crippen LogP contribution in [0.1, 0.15) is 60.3 Å². The Balaban J connectivity index is 2.02. The maximum absolute atomic E-state index is 12.6. The molecule has 0 aromatic carbocycles. The van der Waals surface area contributed by atoms with Gasteiger partial charge in [-0.25, -0.2) is 4.79 Å². The molecule has 0 spiro atoms. The fourth-order valence-corrected chi connectivity index (χ4v) is 4.21. The molecule has 3 N–H and O–H groups in total. The zero-order valence-electron chi connectivity index (χ0n) is 14.1. The van der Waals surface area contributed by atoms with Crippen molar-refractivity contribution in [3.05, 3.63) is 0 Å². The van der Waals surface area contributed by atoms with E-state index < -0.39 is 5.54 Å². The molecule has 2 heterocycles. The number of aliphatic hydroxyl groups excluding tert-OH is 1. The summed E-state index contributed by atoms with van der Waals surface area (Å²) in [5, 5.41) is 16.4. The van der Waals surface area contributed by atoms with E-state index in [0.717, 1.165) is 32.2 Å². The van der Waals surface area contributed by atoms with E-state index in [4.69, 9.17) is 0 Å². The smallest absolute Gasteiger partial charge is 0.318 e. The van der Waals surface area contributed by atoms with Crippen molar-refractivity contribution < 1.29 is 9.90 Å². The summed E-state index contributed by atoms with van der Waals surface area (Å²) in [6, 6.07) is 0.148. The van der Waals surface area contributed by atoms with E-state index in [2.05, 4.69) is 38.3 Å². The number of nitrogens with zero attached hydrogens (tertiary/aromatic N) is 1. The number of carbonyl (C=O) groups is 1. The molecule has 1 unspecified atom stereocenters. The van der Waals surface area contributed by atoms with Gasteiger partial charge in [0.2, 0.25) is 0 Å². The van der Waals surface area contributed by atoms with Crippen LogP contribution in [0.5, 0.6) is 0 Å². The molecule has 2 aliphatic rings. The summed E-state index contributed by atoms with van der Waals surface area (Å²) in [6.07, 6.45) is 3.69. The van der Waals surface area contributed by atoms with Gasteiger partial charge in [0.1, 0.15) is 0 Å². The molecule has 2 aliphatic heterocycles. The first-order valence-corrected chi connectivity index (χ1v) is 8.05. The van der Waals surface area contributed by atoms with E-state index in [0.29, 0.717) is 0 Å². The zero-order chi connectivity index (χ0) is 15.9. The van der Waals surface area contributed by atoms with Gasteiger partial charge in [0.05, 0.1) is 12.1 Å². The molecule has 5 nitrogen and oxygen atoms in total. The molecule has 0 aliphatic carbocycles. The van der Waals surface area contributed by atoms with E-state index >= 15 is 0 Å². The second-order valence-electron chi connectivity index (χ2n) is 8.36. The monoisotopic (exact) mass is 297 g/mol. The number of amides is 2. The maximum atomic E-state index is 12.6. The Morgan fingerprint density at radius 3 is 2.33 bits per heavy atom. The standard InChI is InChI=1S/C16H31N3O2/c1-14(2)9-12(10-15(3,4)18-14)17-13(21)19-8-6-7-16(19,5)11-20/h12,18,20H,6-11H2,1-5H3,(H,17,21). The average molecular weight is 297 g/mol. The van der Waals surface area contributed by atoms with Crippen molar-refractivity contribution in [2.45, 2.75) is 83.0 Å². The molecule has 0 aromatic heterocycles. The number of hydrogen-bond acceptors (Lipinski definition) is 3. The summed E-state index contributed by atoms with van der Waals surface area (Å²) in [5.41, 5.74) is -0.363. The van der Waals surface area contributed by atoms with Crippen LogP contribution < -0.4 is 10.6 Å². The van der Waals surface area contributed by atoms with Crippen LogP contribution >= 0.6 is 0 Å². The number of carbonyl (C=O) groups excluding carboxylic acids is 1. The van der Waals surface area contributed by atoms with Gasteiger partial charge in [-0.3, -0.25) is 0 Å². The van der Waals surface area contributed by atoms with Gasteiger partial charge < -0.3 is 20.6 Å². The van der Waals surface area contributed by atoms with Gasteiger partial charge in [0, 0.05) is 23.7 Å². The molecule has 2 fully saturated rings. The molecular weight excluding hydrogens is 266 g/mol. The van der Waals surface area contributed by atoms with Crippen molar-refractivity contribution in [3.63, 3.8) is 0 Å². The van der Waals surface area contributed by atoms with E-state index in [9.17, 15) is 9.90 Å². The Morgan fingerprint density at radius 1 is 1.24 bits per heavy atom. The molecule has 0 aromatic rings. The third-order valence-corrected chi connectivity index (χ3v) is 4.85. The molecule has 2 rings (SSSR count). The number of piperidine rings is 1. The van der Waals surface area contributed by atoms with E-state index in [1.807, 2.05) is 11.8 Å². The molecule has 2 amide bonds. The second-order valence-corrected chi connectivity index (χ2v) is 8.36. The minimum absolute atomic E-state index is 0.0188. The third-order valence-electron chi connectivity index (χ3n) is 4.85. The fourth-order valence-electron chi connectivity index (χ4n) is 4.21. The minimum atomic E-state index is -0.401. The normalized spacial score (nSPS) is 32.2. The number of likely N-dealkylation sites (tertiary alicyclic amines) is 1. The summed E-state index contributed by atoms with van der Waals surface area (Å²) >= 11 is 0. The molecule has 2 saturated heterocycles. The van der Waals surface area contributed by atoms with Gasteiger partial charge in [0.25, 0.3) is 0 Å². The SMILES string of the molecule is CC1(C)CC(NC(=O)N2CCCC2(C)CO)CC(C)(C)N1. The molecular formula is C16H31N3O2. The van der Waals surface area contributed by atoms with Gasteiger partial charge in [-0.15, -0.1) is 0 Å². The molecule has 0 saturated carbocycles. The first-order valence-electron chi connectivity index (χ1n) is 8.05. The lowest BCUT2D eigenvalue weighted by Gasteiger charge is -2.47. The quantitative estimate of drug-likeness (QED) is 0.729. The molecule has 0 bridgehead atoms. The van der Waals surface area contributed by atoms with Crippen molar-refractivity contribution in [2.24, 2.45) is 0 Å². The van der Waals surface area contributed by atoms with Crippen LogP contribution in [0.3, 0.4) is 0 Å². The van der Waals surface area contributed by atoms with Gasteiger partial charge in [-0.05, 0) is 60.3 Å². The Hall–Kier alpha value is -0.810. The lowest BCUT2D eigenvalue weighted by molar-refractivity contribution is 0.0892. The summed E-state index contributed by atoms with van der Waals surface area (Å²) in [6.45, 7) is 11.5. The zero-order valence-corrected chi connectivity index (χ0v) is 14.1. The molecule has 122 valence electrons. The van der Waals surface area contributed by atoms with Crippen LogP contribution in [0.15, 0.2) is 0 Å². The van der Waals surface area contributed by atoms with Gasteiger partial charge in [0.15, 0.2) is 0 Å². The predicted molar refractivity (Wildman–Crippen MR) is 84.3 cm³/mol. The van der Waals surface area contributed by atoms with Crippen LogP contribution in [0, 0.1) is 0 Å². The van der Waals surface area contributed by atoms with Crippen molar-refractivity contribution in [1.29, 1.82) is 0 Å². The first-order chi connectivity index (χ1) is 9.57. The van der Waals surface area contributed by atoms with Crippen molar-refractivity contribution in [2.75, 3.05) is 13.2 Å². The van der Waals surface area contributed by atoms with Crippen molar-refractivity contribution in [1.82, 2.24) is 15.5 Å². The Labute approximate surface area is 128 Å². The summed E-state index contributed by atoms with van der Waals surface area (Å²) in [7, 11) is 0. The highest BCUT2D eigenvalue weighted by Crippen LogP contribution is 2.31. The number of urea groups is 1. The summed E-state index contributed by atoms with van der Waals surface area (Å²) < 4.78 is 0. The van der Waals surface area contributed by atoms with Crippen LogP contribution in [0.4, 0.5) is 4.79 Å². The van der Waals surface area contributed by atoms with Crippen molar-refractivity contribution in [3.8, 4) is 0 Å². The summed E-state index contributed by atoms with van der Waals surface area (Å²) in [4.78, 5) is 14.4. The maximum Gasteiger partial charge on any atom is 0.318 e. The van der Waals surface area contributed by atoms with E-state index in [1.54, 1.807) is 0 Å². The van der Waals surface area contributed by atoms with E-state index in [1.165, 1.54) is 0 Å². The fraction of sp³-hybridized carbons (Fsp3) is 0.938. The summed E-state index contributed by atoms with van der Waals surface area (Å²) in [5.74, 6) is 0. The van der Waals surface area contributed by atoms with Crippen LogP contribution in [-0.4, -0.2) is 51.8 Å². The van der Waals surface area contributed by atoms with Crippen LogP contribution in [-0.2, 0) is 0 Å². The van der Waals surface area contributed by atoms with Gasteiger partial charge in [-0.1, -0.05) is 0 Å².